The van der Waals surface area contributed by atoms with Gasteiger partial charge in [-0.05, 0) is 30.2 Å². The number of benzene rings is 1. The van der Waals surface area contributed by atoms with E-state index >= 15 is 0 Å². The zero-order chi connectivity index (χ0) is 16.4. The lowest BCUT2D eigenvalue weighted by atomic mass is 10.0. The monoisotopic (exact) mass is 341 g/mol. The van der Waals surface area contributed by atoms with E-state index in [1.54, 1.807) is 18.4 Å². The molecule has 0 aliphatic carbocycles. The Hall–Kier alpha value is -2.31. The van der Waals surface area contributed by atoms with E-state index in [9.17, 15) is 0 Å². The maximum absolute atomic E-state index is 5.93. The summed E-state index contributed by atoms with van der Waals surface area (Å²) in [4.78, 5) is 4.38. The number of para-hydroxylation sites is 1. The Bertz CT molecular complexity index is 814. The van der Waals surface area contributed by atoms with Gasteiger partial charge in [-0.1, -0.05) is 12.1 Å². The van der Waals surface area contributed by atoms with Crippen molar-refractivity contribution < 1.29 is 9.47 Å². The first-order valence-electron chi connectivity index (χ1n) is 7.93. The first-order valence-corrected chi connectivity index (χ1v) is 8.81. The average molecular weight is 341 g/mol. The van der Waals surface area contributed by atoms with Crippen LogP contribution in [0.1, 0.15) is 11.3 Å². The second-order valence-corrected chi connectivity index (χ2v) is 6.60. The number of ether oxygens (including phenoxy) is 2. The molecule has 0 saturated heterocycles. The summed E-state index contributed by atoms with van der Waals surface area (Å²) in [6.07, 6.45) is 4.81. The topological polar surface area (TPSA) is 48.3 Å². The van der Waals surface area contributed by atoms with Gasteiger partial charge in [-0.25, -0.2) is 4.98 Å². The Balaban J connectivity index is 1.44. The summed E-state index contributed by atoms with van der Waals surface area (Å²) in [5, 5.41) is 6.58. The third kappa shape index (κ3) is 2.90. The molecule has 0 unspecified atom stereocenters. The molecule has 24 heavy (non-hydrogen) atoms. The van der Waals surface area contributed by atoms with Gasteiger partial charge in [-0.3, -0.25) is 4.57 Å². The molecule has 1 aliphatic heterocycles. The predicted octanol–water partition coefficient (Wildman–Crippen LogP) is 3.04. The number of hydrogen-bond donors (Lipinski definition) is 1. The van der Waals surface area contributed by atoms with Gasteiger partial charge in [0.1, 0.15) is 6.61 Å². The SMILES string of the molecule is COc1cccc2c1OC[C@@H](NCc1cccn1-c1nccs1)C2. The van der Waals surface area contributed by atoms with Crippen LogP contribution in [-0.4, -0.2) is 29.3 Å². The summed E-state index contributed by atoms with van der Waals surface area (Å²) in [7, 11) is 1.68. The van der Waals surface area contributed by atoms with Crippen molar-refractivity contribution in [2.75, 3.05) is 13.7 Å². The van der Waals surface area contributed by atoms with E-state index in [0.29, 0.717) is 6.61 Å². The minimum absolute atomic E-state index is 0.282. The van der Waals surface area contributed by atoms with Crippen molar-refractivity contribution in [3.05, 3.63) is 59.4 Å². The lowest BCUT2D eigenvalue weighted by Gasteiger charge is -2.27. The molecule has 2 aromatic heterocycles. The Morgan fingerprint density at radius 3 is 3.17 bits per heavy atom. The molecule has 3 aromatic rings. The van der Waals surface area contributed by atoms with Crippen molar-refractivity contribution in [3.8, 4) is 16.6 Å². The summed E-state index contributed by atoms with van der Waals surface area (Å²) in [5.74, 6) is 1.69. The van der Waals surface area contributed by atoms with E-state index in [2.05, 4.69) is 33.1 Å². The molecule has 0 saturated carbocycles. The van der Waals surface area contributed by atoms with Crippen molar-refractivity contribution in [2.45, 2.75) is 19.0 Å². The first kappa shape index (κ1) is 15.2. The van der Waals surface area contributed by atoms with Gasteiger partial charge in [0.05, 0.1) is 7.11 Å². The van der Waals surface area contributed by atoms with Crippen molar-refractivity contribution in [1.82, 2.24) is 14.9 Å². The summed E-state index contributed by atoms with van der Waals surface area (Å²) in [5.41, 5.74) is 2.38. The van der Waals surface area contributed by atoms with Gasteiger partial charge in [0, 0.05) is 36.1 Å². The van der Waals surface area contributed by atoms with E-state index in [1.165, 1.54) is 11.3 Å². The molecule has 0 radical (unpaired) electrons. The molecule has 1 N–H and O–H groups in total. The van der Waals surface area contributed by atoms with Crippen LogP contribution in [0.25, 0.3) is 5.13 Å². The van der Waals surface area contributed by atoms with Crippen LogP contribution >= 0.6 is 11.3 Å². The number of fused-ring (bicyclic) bond motifs is 1. The highest BCUT2D eigenvalue weighted by molar-refractivity contribution is 7.12. The number of methoxy groups -OCH3 is 1. The molecule has 1 aliphatic rings. The molecule has 0 fully saturated rings. The number of nitrogens with one attached hydrogen (secondary N) is 1. The van der Waals surface area contributed by atoms with Crippen LogP contribution < -0.4 is 14.8 Å². The zero-order valence-corrected chi connectivity index (χ0v) is 14.3. The standard InChI is InChI=1S/C18H19N3O2S/c1-22-16-6-2-4-13-10-14(12-23-17(13)16)20-11-15-5-3-8-21(15)18-19-7-9-24-18/h2-9,14,20H,10-12H2,1H3/t14-/m0/s1. The van der Waals surface area contributed by atoms with Gasteiger partial charge in [-0.2, -0.15) is 0 Å². The molecule has 1 aromatic carbocycles. The Morgan fingerprint density at radius 2 is 2.33 bits per heavy atom. The third-order valence-electron chi connectivity index (χ3n) is 4.21. The quantitative estimate of drug-likeness (QED) is 0.775. The maximum atomic E-state index is 5.93. The molecule has 3 heterocycles. The summed E-state index contributed by atoms with van der Waals surface area (Å²) in [6.45, 7) is 1.42. The second-order valence-electron chi connectivity index (χ2n) is 5.73. The normalized spacial score (nSPS) is 16.5. The highest BCUT2D eigenvalue weighted by atomic mass is 32.1. The number of thiazole rings is 1. The summed E-state index contributed by atoms with van der Waals surface area (Å²) >= 11 is 1.64. The molecule has 0 amide bonds. The summed E-state index contributed by atoms with van der Waals surface area (Å²) in [6, 6.07) is 10.5. The Morgan fingerprint density at radius 1 is 1.38 bits per heavy atom. The van der Waals surface area contributed by atoms with Crippen LogP contribution in [0.2, 0.25) is 0 Å². The molecule has 0 bridgehead atoms. The minimum atomic E-state index is 0.282. The maximum Gasteiger partial charge on any atom is 0.193 e. The lowest BCUT2D eigenvalue weighted by Crippen LogP contribution is -2.39. The van der Waals surface area contributed by atoms with Crippen LogP contribution in [0.15, 0.2) is 48.1 Å². The van der Waals surface area contributed by atoms with Crippen LogP contribution in [0.4, 0.5) is 0 Å². The van der Waals surface area contributed by atoms with Crippen LogP contribution in [0.3, 0.4) is 0 Å². The van der Waals surface area contributed by atoms with Crippen molar-refractivity contribution >= 4 is 11.3 Å². The fourth-order valence-corrected chi connectivity index (χ4v) is 3.67. The van der Waals surface area contributed by atoms with Crippen molar-refractivity contribution in [3.63, 3.8) is 0 Å². The molecule has 124 valence electrons. The van der Waals surface area contributed by atoms with E-state index in [1.807, 2.05) is 29.9 Å². The highest BCUT2D eigenvalue weighted by Gasteiger charge is 2.22. The second kappa shape index (κ2) is 6.67. The van der Waals surface area contributed by atoms with E-state index in [0.717, 1.165) is 29.6 Å². The van der Waals surface area contributed by atoms with Crippen molar-refractivity contribution in [1.29, 1.82) is 0 Å². The van der Waals surface area contributed by atoms with E-state index in [4.69, 9.17) is 9.47 Å². The molecule has 4 rings (SSSR count). The van der Waals surface area contributed by atoms with Gasteiger partial charge < -0.3 is 14.8 Å². The Kier molecular flexibility index (Phi) is 4.23. The summed E-state index contributed by atoms with van der Waals surface area (Å²) < 4.78 is 13.4. The fraction of sp³-hybridized carbons (Fsp3) is 0.278. The molecule has 5 nitrogen and oxygen atoms in total. The van der Waals surface area contributed by atoms with Crippen LogP contribution in [-0.2, 0) is 13.0 Å². The number of rotatable bonds is 5. The number of nitrogens with zero attached hydrogens (tertiary/aromatic N) is 2. The highest BCUT2D eigenvalue weighted by Crippen LogP contribution is 2.34. The van der Waals surface area contributed by atoms with Crippen LogP contribution in [0, 0.1) is 0 Å². The molecular formula is C18H19N3O2S. The Labute approximate surface area is 144 Å². The van der Waals surface area contributed by atoms with Gasteiger partial charge in [0.15, 0.2) is 16.6 Å². The van der Waals surface area contributed by atoms with Gasteiger partial charge in [0.25, 0.3) is 0 Å². The minimum Gasteiger partial charge on any atom is -0.493 e. The van der Waals surface area contributed by atoms with Crippen LogP contribution in [0.5, 0.6) is 11.5 Å². The van der Waals surface area contributed by atoms with E-state index < -0.39 is 0 Å². The van der Waals surface area contributed by atoms with Gasteiger partial charge >= 0.3 is 0 Å². The molecule has 0 spiro atoms. The van der Waals surface area contributed by atoms with Crippen molar-refractivity contribution in [2.24, 2.45) is 0 Å². The third-order valence-corrected chi connectivity index (χ3v) is 4.98. The average Bonchev–Trinajstić information content (AvgIpc) is 3.30. The molecule has 1 atom stereocenters. The lowest BCUT2D eigenvalue weighted by molar-refractivity contribution is 0.226. The smallest absolute Gasteiger partial charge is 0.193 e. The molecular weight excluding hydrogens is 322 g/mol. The van der Waals surface area contributed by atoms with E-state index in [-0.39, 0.29) is 6.04 Å². The molecule has 6 heteroatoms. The number of hydrogen-bond acceptors (Lipinski definition) is 5. The largest absolute Gasteiger partial charge is 0.493 e. The first-order chi connectivity index (χ1) is 11.8. The predicted molar refractivity (Wildman–Crippen MR) is 94.3 cm³/mol. The zero-order valence-electron chi connectivity index (χ0n) is 13.4. The number of aromatic nitrogens is 2. The fourth-order valence-electron chi connectivity index (χ4n) is 3.02. The van der Waals surface area contributed by atoms with Gasteiger partial charge in [-0.15, -0.1) is 11.3 Å². The van der Waals surface area contributed by atoms with Gasteiger partial charge in [0.2, 0.25) is 0 Å².